The van der Waals surface area contributed by atoms with Gasteiger partial charge in [-0.25, -0.2) is 0 Å². The van der Waals surface area contributed by atoms with Gasteiger partial charge in [0.1, 0.15) is 23.0 Å². The lowest BCUT2D eigenvalue weighted by Gasteiger charge is -2.36. The summed E-state index contributed by atoms with van der Waals surface area (Å²) in [4.78, 5) is 0. The zero-order chi connectivity index (χ0) is 34.2. The first-order chi connectivity index (χ1) is 25.8. The van der Waals surface area contributed by atoms with Crippen molar-refractivity contribution in [3.8, 4) is 56.4 Å². The smallest absolute Gasteiger partial charge is 0.260 e. The van der Waals surface area contributed by atoms with E-state index in [1.165, 1.54) is 53.9 Å². The van der Waals surface area contributed by atoms with Crippen LogP contribution in [0.25, 0.3) is 33.4 Å². The zero-order valence-electron chi connectivity index (χ0n) is 28.3. The molecule has 0 bridgehead atoms. The molecule has 0 saturated carbocycles. The molecule has 0 unspecified atom stereocenters. The van der Waals surface area contributed by atoms with Gasteiger partial charge in [-0.3, -0.25) is 0 Å². The summed E-state index contributed by atoms with van der Waals surface area (Å²) in [7, 11) is -2.82. The molecule has 242 valence electrons. The van der Waals surface area contributed by atoms with E-state index < -0.39 is 8.07 Å². The molecule has 0 aliphatic carbocycles. The molecule has 3 aliphatic rings. The fourth-order valence-electron chi connectivity index (χ4n) is 9.14. The third-order valence-corrected chi connectivity index (χ3v) is 16.2. The quantitative estimate of drug-likeness (QED) is 0.186. The van der Waals surface area contributed by atoms with Crippen LogP contribution >= 0.6 is 0 Å². The summed E-state index contributed by atoms with van der Waals surface area (Å²) in [5.41, 5.74) is 10.7. The standard InChI is InChI=1S/C48H31BO2Si/c1-3-15-34(16-4-1)52(35-17-5-2-6-18-35)46-26-14-9-21-38(46)36-19-7-8-20-37(36)39-29-32(27-28-47(39)52)33-30-44-48-45(31-33)51-43-25-13-11-23-41(43)49(48)40-22-10-12-24-42(40)50-44/h1-31H. The monoisotopic (exact) mass is 678 g/mol. The van der Waals surface area contributed by atoms with Crippen molar-refractivity contribution in [3.63, 3.8) is 0 Å². The minimum absolute atomic E-state index is 0.0507. The number of hydrogen-bond acceptors (Lipinski definition) is 2. The van der Waals surface area contributed by atoms with Crippen molar-refractivity contribution < 1.29 is 9.47 Å². The summed E-state index contributed by atoms with van der Waals surface area (Å²) in [6.45, 7) is 0.0507. The van der Waals surface area contributed by atoms with E-state index in [0.29, 0.717) is 0 Å². The van der Waals surface area contributed by atoms with E-state index >= 15 is 0 Å². The molecule has 8 aromatic carbocycles. The highest BCUT2D eigenvalue weighted by Gasteiger charge is 2.46. The summed E-state index contributed by atoms with van der Waals surface area (Å²) in [6, 6.07) is 68.9. The third-order valence-electron chi connectivity index (χ3n) is 11.3. The maximum Gasteiger partial charge on any atom is 0.260 e. The van der Waals surface area contributed by atoms with E-state index in [9.17, 15) is 0 Å². The molecular weight excluding hydrogens is 647 g/mol. The van der Waals surface area contributed by atoms with Gasteiger partial charge >= 0.3 is 0 Å². The first kappa shape index (κ1) is 29.4. The lowest BCUT2D eigenvalue weighted by molar-refractivity contribution is 0.465. The molecule has 3 aliphatic heterocycles. The largest absolute Gasteiger partial charge is 0.458 e. The number of ether oxygens (including phenoxy) is 2. The first-order valence-corrected chi connectivity index (χ1v) is 20.0. The fraction of sp³-hybridized carbons (Fsp3) is 0. The van der Waals surface area contributed by atoms with Gasteiger partial charge in [-0.15, -0.1) is 0 Å². The minimum atomic E-state index is -2.82. The summed E-state index contributed by atoms with van der Waals surface area (Å²) in [5, 5.41) is 5.55. The molecule has 0 amide bonds. The van der Waals surface area contributed by atoms with E-state index in [2.05, 4.69) is 188 Å². The highest BCUT2D eigenvalue weighted by atomic mass is 28.3. The fourth-order valence-corrected chi connectivity index (χ4v) is 14.3. The number of para-hydroxylation sites is 2. The lowest BCUT2D eigenvalue weighted by atomic mass is 9.35. The van der Waals surface area contributed by atoms with Crippen LogP contribution in [0.15, 0.2) is 188 Å². The van der Waals surface area contributed by atoms with Gasteiger partial charge in [-0.2, -0.15) is 0 Å². The van der Waals surface area contributed by atoms with Gasteiger partial charge in [0.15, 0.2) is 8.07 Å². The van der Waals surface area contributed by atoms with E-state index in [4.69, 9.17) is 9.47 Å². The Morgan fingerprint density at radius 2 is 0.827 bits per heavy atom. The van der Waals surface area contributed by atoms with Gasteiger partial charge < -0.3 is 9.47 Å². The Morgan fingerprint density at radius 3 is 1.44 bits per heavy atom. The van der Waals surface area contributed by atoms with Crippen molar-refractivity contribution in [2.24, 2.45) is 0 Å². The molecular formula is C48H31BO2Si. The van der Waals surface area contributed by atoms with Crippen LogP contribution in [0.5, 0.6) is 23.0 Å². The SMILES string of the molecule is c1ccc([Si]2(c3ccccc3)c3ccccc3-c3ccccc3-c3cc(-c4cc5c6c(c4)Oc4ccccc4B6c4ccccc4O5)ccc32)cc1. The zero-order valence-corrected chi connectivity index (χ0v) is 29.3. The molecule has 4 heteroatoms. The highest BCUT2D eigenvalue weighted by molar-refractivity contribution is 7.21. The molecule has 3 heterocycles. The Hall–Kier alpha value is -6.36. The predicted molar refractivity (Wildman–Crippen MR) is 218 cm³/mol. The molecule has 2 nitrogen and oxygen atoms in total. The minimum Gasteiger partial charge on any atom is -0.458 e. The number of hydrogen-bond donors (Lipinski definition) is 0. The van der Waals surface area contributed by atoms with E-state index in [-0.39, 0.29) is 6.71 Å². The van der Waals surface area contributed by atoms with Gasteiger partial charge in [-0.1, -0.05) is 158 Å². The van der Waals surface area contributed by atoms with Gasteiger partial charge in [0.2, 0.25) is 0 Å². The van der Waals surface area contributed by atoms with Crippen molar-refractivity contribution in [1.82, 2.24) is 0 Å². The molecule has 0 fully saturated rings. The maximum absolute atomic E-state index is 6.71. The second-order valence-corrected chi connectivity index (χ2v) is 17.7. The normalized spacial score (nSPS) is 13.8. The summed E-state index contributed by atoms with van der Waals surface area (Å²) in [6.07, 6.45) is 0. The average molecular weight is 679 g/mol. The number of fused-ring (bicyclic) bond motifs is 9. The molecule has 0 atom stereocenters. The van der Waals surface area contributed by atoms with Crippen LogP contribution in [0.3, 0.4) is 0 Å². The number of rotatable bonds is 3. The van der Waals surface area contributed by atoms with E-state index in [1.807, 2.05) is 0 Å². The van der Waals surface area contributed by atoms with Crippen LogP contribution in [-0.4, -0.2) is 14.8 Å². The molecule has 0 aromatic heterocycles. The summed E-state index contributed by atoms with van der Waals surface area (Å²) in [5.74, 6) is 3.50. The Kier molecular flexibility index (Phi) is 6.40. The van der Waals surface area contributed by atoms with Crippen molar-refractivity contribution in [2.45, 2.75) is 0 Å². The Labute approximate surface area is 304 Å². The van der Waals surface area contributed by atoms with Crippen LogP contribution < -0.4 is 46.6 Å². The Bertz CT molecular complexity index is 2600. The molecule has 11 rings (SSSR count). The van der Waals surface area contributed by atoms with Crippen molar-refractivity contribution >= 4 is 51.9 Å². The Morgan fingerprint density at radius 1 is 0.346 bits per heavy atom. The van der Waals surface area contributed by atoms with Crippen LogP contribution in [-0.2, 0) is 0 Å². The van der Waals surface area contributed by atoms with Crippen LogP contribution in [0.1, 0.15) is 0 Å². The van der Waals surface area contributed by atoms with E-state index in [0.717, 1.165) is 39.6 Å². The average Bonchev–Trinajstić information content (AvgIpc) is 3.32. The molecule has 0 N–H and O–H groups in total. The second-order valence-electron chi connectivity index (χ2n) is 13.9. The molecule has 0 radical (unpaired) electrons. The van der Waals surface area contributed by atoms with Gasteiger partial charge in [0.05, 0.1) is 0 Å². The topological polar surface area (TPSA) is 18.5 Å². The summed E-state index contributed by atoms with van der Waals surface area (Å²) < 4.78 is 13.4. The van der Waals surface area contributed by atoms with Crippen LogP contribution in [0.2, 0.25) is 0 Å². The van der Waals surface area contributed by atoms with Crippen molar-refractivity contribution in [1.29, 1.82) is 0 Å². The molecule has 0 spiro atoms. The highest BCUT2D eigenvalue weighted by Crippen LogP contribution is 2.41. The van der Waals surface area contributed by atoms with E-state index in [1.54, 1.807) is 0 Å². The van der Waals surface area contributed by atoms with Gasteiger partial charge in [0, 0.05) is 5.46 Å². The number of benzene rings is 8. The van der Waals surface area contributed by atoms with Gasteiger partial charge in [0.25, 0.3) is 6.71 Å². The molecule has 52 heavy (non-hydrogen) atoms. The van der Waals surface area contributed by atoms with Crippen LogP contribution in [0.4, 0.5) is 0 Å². The second kappa shape index (κ2) is 11.3. The summed E-state index contributed by atoms with van der Waals surface area (Å²) >= 11 is 0. The lowest BCUT2D eigenvalue weighted by Crippen LogP contribution is -2.75. The van der Waals surface area contributed by atoms with Crippen LogP contribution in [0, 0.1) is 0 Å². The first-order valence-electron chi connectivity index (χ1n) is 18.0. The van der Waals surface area contributed by atoms with Crippen molar-refractivity contribution in [2.75, 3.05) is 0 Å². The predicted octanol–water partition coefficient (Wildman–Crippen LogP) is 7.11. The van der Waals surface area contributed by atoms with Crippen molar-refractivity contribution in [3.05, 3.63) is 188 Å². The molecule has 8 aromatic rings. The molecule has 0 saturated heterocycles. The van der Waals surface area contributed by atoms with Gasteiger partial charge in [-0.05, 0) is 95.4 Å². The third kappa shape index (κ3) is 4.13. The maximum atomic E-state index is 6.71. The Balaban J connectivity index is 1.19.